The van der Waals surface area contributed by atoms with Gasteiger partial charge in [-0.15, -0.1) is 20.5 Å². The molecule has 0 fully saturated rings. The molecule has 0 aliphatic rings. The zero-order chi connectivity index (χ0) is 29.8. The van der Waals surface area contributed by atoms with Gasteiger partial charge in [0, 0.05) is 23.9 Å². The molecule has 0 aliphatic heterocycles. The van der Waals surface area contributed by atoms with E-state index in [0.29, 0.717) is 46.4 Å². The van der Waals surface area contributed by atoms with E-state index in [9.17, 15) is 19.8 Å². The quantitative estimate of drug-likeness (QED) is 0.163. The van der Waals surface area contributed by atoms with Crippen LogP contribution in [0.25, 0.3) is 21.8 Å². The van der Waals surface area contributed by atoms with E-state index >= 15 is 0 Å². The highest BCUT2D eigenvalue weighted by Gasteiger charge is 2.21. The van der Waals surface area contributed by atoms with Crippen LogP contribution in [0.2, 0.25) is 0 Å². The Kier molecular flexibility index (Phi) is 8.70. The maximum atomic E-state index is 12.5. The van der Waals surface area contributed by atoms with Gasteiger partial charge in [0.1, 0.15) is 17.9 Å². The molecule has 2 amide bonds. The fourth-order valence-corrected chi connectivity index (χ4v) is 4.57. The van der Waals surface area contributed by atoms with Gasteiger partial charge in [0.05, 0.1) is 25.3 Å². The second kappa shape index (κ2) is 12.2. The van der Waals surface area contributed by atoms with Crippen molar-refractivity contribution in [2.24, 2.45) is 32.3 Å². The number of hydrogen-bond acceptors (Lipinski definition) is 8. The van der Waals surface area contributed by atoms with Crippen molar-refractivity contribution in [1.82, 2.24) is 9.13 Å². The molecule has 0 unspecified atom stereocenters. The Morgan fingerprint density at radius 2 is 1.12 bits per heavy atom. The number of carbonyl (C=O) groups is 2. The van der Waals surface area contributed by atoms with E-state index < -0.39 is 18.2 Å². The molecule has 0 saturated carbocycles. The van der Waals surface area contributed by atoms with E-state index in [1.54, 1.807) is 45.5 Å². The molecule has 12 heteroatoms. The molecule has 4 aromatic rings. The van der Waals surface area contributed by atoms with E-state index in [-0.39, 0.29) is 35.0 Å². The maximum absolute atomic E-state index is 12.5. The molecule has 216 valence electrons. The van der Waals surface area contributed by atoms with Crippen molar-refractivity contribution in [3.63, 3.8) is 0 Å². The minimum absolute atomic E-state index is 0.0961. The van der Waals surface area contributed by atoms with Crippen molar-refractivity contribution in [2.75, 3.05) is 14.2 Å². The number of azo groups is 2. The van der Waals surface area contributed by atoms with Gasteiger partial charge in [0.25, 0.3) is 11.8 Å². The second-order valence-electron chi connectivity index (χ2n) is 10.5. The van der Waals surface area contributed by atoms with Crippen molar-refractivity contribution >= 4 is 45.0 Å². The molecule has 0 saturated heterocycles. The predicted molar refractivity (Wildman–Crippen MR) is 154 cm³/mol. The third-order valence-corrected chi connectivity index (χ3v) is 6.36. The number of hydrogen-bond donors (Lipinski definition) is 2. The first-order chi connectivity index (χ1) is 19.5. The molecule has 2 N–H and O–H groups in total. The van der Waals surface area contributed by atoms with Crippen LogP contribution in [0, 0.1) is 11.8 Å². The molecule has 2 aromatic carbocycles. The topological polar surface area (TPSA) is 152 Å². The molecule has 0 atom stereocenters. The van der Waals surface area contributed by atoms with Crippen LogP contribution in [0.5, 0.6) is 23.3 Å². The van der Waals surface area contributed by atoms with Crippen molar-refractivity contribution in [3.8, 4) is 23.3 Å². The zero-order valence-electron chi connectivity index (χ0n) is 24.0. The summed E-state index contributed by atoms with van der Waals surface area (Å²) in [7, 11) is 3.05. The first kappa shape index (κ1) is 29.2. The number of aromatic hydroxyl groups is 2. The number of carbonyl (C=O) groups excluding carboxylic acids is 2. The lowest BCUT2D eigenvalue weighted by molar-refractivity contribution is -0.126. The van der Waals surface area contributed by atoms with E-state index in [1.165, 1.54) is 14.2 Å². The number of methoxy groups -OCH3 is 2. The first-order valence-electron chi connectivity index (χ1n) is 13.2. The normalized spacial score (nSPS) is 12.1. The highest BCUT2D eigenvalue weighted by Crippen LogP contribution is 2.42. The monoisotopic (exact) mass is 562 g/mol. The van der Waals surface area contributed by atoms with E-state index in [1.807, 2.05) is 27.7 Å². The van der Waals surface area contributed by atoms with E-state index in [4.69, 9.17) is 9.47 Å². The van der Waals surface area contributed by atoms with Crippen LogP contribution in [0.1, 0.15) is 34.1 Å². The van der Waals surface area contributed by atoms with Crippen LogP contribution in [0.3, 0.4) is 0 Å². The summed E-state index contributed by atoms with van der Waals surface area (Å²) in [5, 5.41) is 38.1. The van der Waals surface area contributed by atoms with E-state index in [0.717, 1.165) is 0 Å². The summed E-state index contributed by atoms with van der Waals surface area (Å²) in [6, 6.07) is 10.5. The van der Waals surface area contributed by atoms with Crippen LogP contribution in [0.4, 0.5) is 11.4 Å². The van der Waals surface area contributed by atoms with Gasteiger partial charge < -0.3 is 28.8 Å². The Balaban J connectivity index is 1.57. The number of aromatic nitrogens is 2. The van der Waals surface area contributed by atoms with Crippen molar-refractivity contribution in [2.45, 2.75) is 47.2 Å². The molecule has 2 heterocycles. The highest BCUT2D eigenvalue weighted by molar-refractivity contribution is 6.00. The molecule has 41 heavy (non-hydrogen) atoms. The van der Waals surface area contributed by atoms with Gasteiger partial charge in [-0.3, -0.25) is 9.59 Å². The number of nitrogens with zero attached hydrogens (tertiary/aromatic N) is 6. The molecular weight excluding hydrogens is 528 g/mol. The molecule has 0 bridgehead atoms. The average molecular weight is 563 g/mol. The number of ether oxygens (including phenoxy) is 2. The van der Waals surface area contributed by atoms with Gasteiger partial charge in [-0.25, -0.2) is 0 Å². The lowest BCUT2D eigenvalue weighted by Gasteiger charge is -2.09. The first-order valence-corrected chi connectivity index (χ1v) is 13.2. The van der Waals surface area contributed by atoms with Crippen LogP contribution in [-0.2, 0) is 22.7 Å². The molecule has 12 nitrogen and oxygen atoms in total. The Bertz CT molecular complexity index is 1540. The van der Waals surface area contributed by atoms with Crippen LogP contribution in [-0.4, -0.2) is 45.4 Å². The van der Waals surface area contributed by atoms with Gasteiger partial charge in [-0.1, -0.05) is 27.7 Å². The van der Waals surface area contributed by atoms with Crippen molar-refractivity contribution < 1.29 is 29.3 Å². The Morgan fingerprint density at radius 3 is 1.46 bits per heavy atom. The fourth-order valence-electron chi connectivity index (χ4n) is 4.57. The lowest BCUT2D eigenvalue weighted by Crippen LogP contribution is -2.03. The second-order valence-corrected chi connectivity index (χ2v) is 10.5. The van der Waals surface area contributed by atoms with Gasteiger partial charge in [0.15, 0.2) is 11.4 Å². The SMILES string of the molecule is COc1ccc2c(c1)c(N=NC(=O)CC(=O)N=Nc1c(O)n(CC(C)C)c3ccc(OC)cc13)c(O)n2CC(C)C. The molecule has 2 aromatic heterocycles. The summed E-state index contributed by atoms with van der Waals surface area (Å²) in [6.45, 7) is 9.08. The standard InChI is InChI=1S/C29H34N6O6/c1-16(2)14-34-22-9-7-18(40-5)11-20(22)26(28(34)38)32-30-24(36)13-25(37)31-33-27-21-12-19(41-6)8-10-23(21)35(29(27)39)15-17(3)4/h7-12,16-17,38-39H,13-15H2,1-6H3. The summed E-state index contributed by atoms with van der Waals surface area (Å²) in [6.07, 6.45) is -0.698. The minimum atomic E-state index is -0.867. The summed E-state index contributed by atoms with van der Waals surface area (Å²) >= 11 is 0. The van der Waals surface area contributed by atoms with Crippen LogP contribution in [0.15, 0.2) is 56.9 Å². The van der Waals surface area contributed by atoms with Crippen LogP contribution < -0.4 is 9.47 Å². The van der Waals surface area contributed by atoms with Crippen LogP contribution >= 0.6 is 0 Å². The highest BCUT2D eigenvalue weighted by atomic mass is 16.5. The Labute approximate surface area is 236 Å². The number of fused-ring (bicyclic) bond motifs is 2. The summed E-state index contributed by atoms with van der Waals surface area (Å²) in [5.41, 5.74) is 1.60. The molecule has 0 spiro atoms. The Hall–Kier alpha value is -4.74. The van der Waals surface area contributed by atoms with Crippen molar-refractivity contribution in [1.29, 1.82) is 0 Å². The number of amides is 2. The zero-order valence-corrected chi connectivity index (χ0v) is 24.0. The lowest BCUT2D eigenvalue weighted by atomic mass is 10.2. The van der Waals surface area contributed by atoms with E-state index in [2.05, 4.69) is 20.5 Å². The maximum Gasteiger partial charge on any atom is 0.274 e. The molecule has 0 radical (unpaired) electrons. The van der Waals surface area contributed by atoms with Gasteiger partial charge in [-0.2, -0.15) is 0 Å². The molecule has 0 aliphatic carbocycles. The summed E-state index contributed by atoms with van der Waals surface area (Å²) < 4.78 is 14.0. The average Bonchev–Trinajstić information content (AvgIpc) is 3.34. The number of rotatable bonds is 10. The molecular formula is C29H34N6O6. The number of benzene rings is 2. The van der Waals surface area contributed by atoms with Crippen molar-refractivity contribution in [3.05, 3.63) is 36.4 Å². The molecule has 4 rings (SSSR count). The third kappa shape index (κ3) is 6.21. The predicted octanol–water partition coefficient (Wildman–Crippen LogP) is 6.65. The van der Waals surface area contributed by atoms with Gasteiger partial charge >= 0.3 is 0 Å². The van der Waals surface area contributed by atoms with Gasteiger partial charge in [0.2, 0.25) is 11.8 Å². The largest absolute Gasteiger partial charge is 0.497 e. The summed E-state index contributed by atoms with van der Waals surface area (Å²) in [4.78, 5) is 25.0. The van der Waals surface area contributed by atoms with Gasteiger partial charge in [-0.05, 0) is 48.2 Å². The minimum Gasteiger partial charge on any atom is -0.497 e. The summed E-state index contributed by atoms with van der Waals surface area (Å²) in [5.74, 6) is -0.466. The smallest absolute Gasteiger partial charge is 0.274 e. The third-order valence-electron chi connectivity index (χ3n) is 6.36. The Morgan fingerprint density at radius 1 is 0.732 bits per heavy atom. The fraction of sp³-hybridized carbons (Fsp3) is 0.379.